The molecule has 0 amide bonds. The Morgan fingerprint density at radius 2 is 2.14 bits per heavy atom. The summed E-state index contributed by atoms with van der Waals surface area (Å²) in [5.41, 5.74) is 3.08. The van der Waals surface area contributed by atoms with E-state index in [4.69, 9.17) is 4.74 Å². The van der Waals surface area contributed by atoms with Crippen LogP contribution in [0.1, 0.15) is 29.8 Å². The third-order valence-electron chi connectivity index (χ3n) is 3.53. The summed E-state index contributed by atoms with van der Waals surface area (Å²) < 4.78 is 18.8. The fraction of sp³-hybridized carbons (Fsp3) is 0.353. The number of benzene rings is 1. The van der Waals surface area contributed by atoms with Crippen molar-refractivity contribution in [2.45, 2.75) is 26.3 Å². The zero-order valence-electron chi connectivity index (χ0n) is 12.7. The number of ether oxygens (including phenoxy) is 1. The second kappa shape index (κ2) is 7.18. The first kappa shape index (κ1) is 15.4. The number of halogens is 1. The lowest BCUT2D eigenvalue weighted by Gasteiger charge is -2.20. The molecule has 0 saturated heterocycles. The molecule has 1 unspecified atom stereocenters. The highest BCUT2D eigenvalue weighted by molar-refractivity contribution is 5.31. The Bertz CT molecular complexity index is 601. The predicted molar refractivity (Wildman–Crippen MR) is 82.0 cm³/mol. The second-order valence-corrected chi connectivity index (χ2v) is 4.96. The Hall–Kier alpha value is -1.94. The average molecular weight is 288 g/mol. The lowest BCUT2D eigenvalue weighted by Crippen LogP contribution is -2.24. The Morgan fingerprint density at radius 3 is 2.76 bits per heavy atom. The standard InChI is InChI=1S/C17H21FN2O/c1-4-19-16(14-6-5-9-20-12(14)2)11-13-7-8-17(21-3)15(18)10-13/h5-10,16,19H,4,11H2,1-3H3. The van der Waals surface area contributed by atoms with E-state index < -0.39 is 0 Å². The molecule has 0 spiro atoms. The Balaban J connectivity index is 2.24. The summed E-state index contributed by atoms with van der Waals surface area (Å²) >= 11 is 0. The SMILES string of the molecule is CCNC(Cc1ccc(OC)c(F)c1)c1cccnc1C. The normalized spacial score (nSPS) is 12.2. The van der Waals surface area contributed by atoms with Crippen LogP contribution in [-0.4, -0.2) is 18.6 Å². The Morgan fingerprint density at radius 1 is 1.33 bits per heavy atom. The summed E-state index contributed by atoms with van der Waals surface area (Å²) in [4.78, 5) is 4.33. The summed E-state index contributed by atoms with van der Waals surface area (Å²) in [6.45, 7) is 4.90. The van der Waals surface area contributed by atoms with Gasteiger partial charge in [-0.15, -0.1) is 0 Å². The molecular formula is C17H21FN2O. The monoisotopic (exact) mass is 288 g/mol. The molecule has 0 fully saturated rings. The summed E-state index contributed by atoms with van der Waals surface area (Å²) in [6.07, 6.45) is 2.50. The lowest BCUT2D eigenvalue weighted by atomic mass is 9.97. The van der Waals surface area contributed by atoms with E-state index >= 15 is 0 Å². The number of hydrogen-bond acceptors (Lipinski definition) is 3. The third-order valence-corrected chi connectivity index (χ3v) is 3.53. The third kappa shape index (κ3) is 3.79. The Kier molecular flexibility index (Phi) is 5.28. The van der Waals surface area contributed by atoms with Gasteiger partial charge in [-0.25, -0.2) is 4.39 Å². The van der Waals surface area contributed by atoms with Gasteiger partial charge in [-0.2, -0.15) is 0 Å². The maximum absolute atomic E-state index is 13.8. The van der Waals surface area contributed by atoms with Crippen LogP contribution in [0.4, 0.5) is 4.39 Å². The second-order valence-electron chi connectivity index (χ2n) is 4.96. The highest BCUT2D eigenvalue weighted by atomic mass is 19.1. The molecule has 0 bridgehead atoms. The molecule has 0 aliphatic carbocycles. The van der Waals surface area contributed by atoms with Crippen LogP contribution in [0.2, 0.25) is 0 Å². The van der Waals surface area contributed by atoms with Crippen molar-refractivity contribution in [2.75, 3.05) is 13.7 Å². The van der Waals surface area contributed by atoms with Crippen molar-refractivity contribution >= 4 is 0 Å². The quantitative estimate of drug-likeness (QED) is 0.884. The first-order chi connectivity index (χ1) is 10.2. The molecule has 0 aliphatic heterocycles. The van der Waals surface area contributed by atoms with E-state index in [2.05, 4.69) is 23.3 Å². The molecular weight excluding hydrogens is 267 g/mol. The number of methoxy groups -OCH3 is 1. The molecule has 0 saturated carbocycles. The van der Waals surface area contributed by atoms with Crippen molar-refractivity contribution in [2.24, 2.45) is 0 Å². The molecule has 2 rings (SSSR count). The van der Waals surface area contributed by atoms with Crippen molar-refractivity contribution in [3.8, 4) is 5.75 Å². The Labute approximate surface area is 125 Å². The van der Waals surface area contributed by atoms with Crippen molar-refractivity contribution in [3.05, 3.63) is 59.2 Å². The molecule has 2 aromatic rings. The molecule has 1 aromatic heterocycles. The maximum Gasteiger partial charge on any atom is 0.165 e. The van der Waals surface area contributed by atoms with Crippen LogP contribution in [0.15, 0.2) is 36.5 Å². The number of nitrogens with one attached hydrogen (secondary N) is 1. The molecule has 3 nitrogen and oxygen atoms in total. The molecule has 0 aliphatic rings. The van der Waals surface area contributed by atoms with Gasteiger partial charge < -0.3 is 10.1 Å². The molecule has 0 radical (unpaired) electrons. The number of nitrogens with zero attached hydrogens (tertiary/aromatic N) is 1. The summed E-state index contributed by atoms with van der Waals surface area (Å²) in [7, 11) is 1.47. The van der Waals surface area contributed by atoms with Crippen LogP contribution >= 0.6 is 0 Å². The summed E-state index contributed by atoms with van der Waals surface area (Å²) in [5.74, 6) is -0.0514. The fourth-order valence-electron chi connectivity index (χ4n) is 2.48. The first-order valence-electron chi connectivity index (χ1n) is 7.13. The van der Waals surface area contributed by atoms with Gasteiger partial charge in [-0.05, 0) is 49.2 Å². The molecule has 4 heteroatoms. The number of rotatable bonds is 6. The van der Waals surface area contributed by atoms with Gasteiger partial charge in [-0.3, -0.25) is 4.98 Å². The van der Waals surface area contributed by atoms with E-state index in [-0.39, 0.29) is 17.6 Å². The maximum atomic E-state index is 13.8. The van der Waals surface area contributed by atoms with Crippen molar-refractivity contribution in [1.29, 1.82) is 0 Å². The molecule has 21 heavy (non-hydrogen) atoms. The summed E-state index contributed by atoms with van der Waals surface area (Å²) in [5, 5.41) is 3.44. The predicted octanol–water partition coefficient (Wildman–Crippen LogP) is 3.43. The minimum Gasteiger partial charge on any atom is -0.494 e. The van der Waals surface area contributed by atoms with Gasteiger partial charge in [0.1, 0.15) is 0 Å². The van der Waals surface area contributed by atoms with E-state index in [1.54, 1.807) is 12.3 Å². The van der Waals surface area contributed by atoms with Crippen molar-refractivity contribution in [3.63, 3.8) is 0 Å². The van der Waals surface area contributed by atoms with Gasteiger partial charge in [0.05, 0.1) is 7.11 Å². The van der Waals surface area contributed by atoms with Crippen molar-refractivity contribution in [1.82, 2.24) is 10.3 Å². The number of hydrogen-bond donors (Lipinski definition) is 1. The summed E-state index contributed by atoms with van der Waals surface area (Å²) in [6, 6.07) is 9.23. The largest absolute Gasteiger partial charge is 0.494 e. The molecule has 1 heterocycles. The molecule has 1 aromatic carbocycles. The smallest absolute Gasteiger partial charge is 0.165 e. The minimum atomic E-state index is -0.326. The van der Waals surface area contributed by atoms with Gasteiger partial charge in [0.15, 0.2) is 11.6 Å². The van der Waals surface area contributed by atoms with Crippen LogP contribution in [-0.2, 0) is 6.42 Å². The number of aryl methyl sites for hydroxylation is 1. The van der Waals surface area contributed by atoms with E-state index in [1.165, 1.54) is 13.2 Å². The molecule has 1 atom stereocenters. The molecule has 1 N–H and O–H groups in total. The van der Waals surface area contributed by atoms with Crippen LogP contribution in [0.5, 0.6) is 5.75 Å². The van der Waals surface area contributed by atoms with E-state index in [1.807, 2.05) is 19.1 Å². The zero-order chi connectivity index (χ0) is 15.2. The number of aromatic nitrogens is 1. The average Bonchev–Trinajstić information content (AvgIpc) is 2.47. The van der Waals surface area contributed by atoms with Crippen molar-refractivity contribution < 1.29 is 9.13 Å². The lowest BCUT2D eigenvalue weighted by molar-refractivity contribution is 0.386. The van der Waals surface area contributed by atoms with Crippen LogP contribution in [0, 0.1) is 12.7 Å². The fourth-order valence-corrected chi connectivity index (χ4v) is 2.48. The number of likely N-dealkylation sites (N-methyl/N-ethyl adjacent to an activating group) is 1. The number of pyridine rings is 1. The molecule has 112 valence electrons. The highest BCUT2D eigenvalue weighted by Gasteiger charge is 2.15. The van der Waals surface area contributed by atoms with Gasteiger partial charge in [0, 0.05) is 17.9 Å². The minimum absolute atomic E-state index is 0.122. The topological polar surface area (TPSA) is 34.1 Å². The van der Waals surface area contributed by atoms with Crippen LogP contribution in [0.25, 0.3) is 0 Å². The van der Waals surface area contributed by atoms with Crippen LogP contribution in [0.3, 0.4) is 0 Å². The van der Waals surface area contributed by atoms with E-state index in [9.17, 15) is 4.39 Å². The first-order valence-corrected chi connectivity index (χ1v) is 7.13. The van der Waals surface area contributed by atoms with Gasteiger partial charge in [0.25, 0.3) is 0 Å². The van der Waals surface area contributed by atoms with Crippen LogP contribution < -0.4 is 10.1 Å². The van der Waals surface area contributed by atoms with E-state index in [0.29, 0.717) is 6.42 Å². The highest BCUT2D eigenvalue weighted by Crippen LogP contribution is 2.24. The van der Waals surface area contributed by atoms with Gasteiger partial charge in [-0.1, -0.05) is 19.1 Å². The van der Waals surface area contributed by atoms with E-state index in [0.717, 1.165) is 23.4 Å². The van der Waals surface area contributed by atoms with Gasteiger partial charge >= 0.3 is 0 Å². The van der Waals surface area contributed by atoms with Gasteiger partial charge in [0.2, 0.25) is 0 Å². The zero-order valence-corrected chi connectivity index (χ0v) is 12.7.